The fourth-order valence-electron chi connectivity index (χ4n) is 1.16. The highest BCUT2D eigenvalue weighted by molar-refractivity contribution is 6.42. The summed E-state index contributed by atoms with van der Waals surface area (Å²) in [6.07, 6.45) is 0.276. The maximum Gasteiger partial charge on any atom is 0.263 e. The van der Waals surface area contributed by atoms with Crippen LogP contribution in [0.5, 0.6) is 0 Å². The quantitative estimate of drug-likeness (QED) is 0.546. The van der Waals surface area contributed by atoms with Gasteiger partial charge in [-0.1, -0.05) is 13.8 Å². The predicted octanol–water partition coefficient (Wildman–Crippen LogP) is 2.39. The maximum atomic E-state index is 11.5. The van der Waals surface area contributed by atoms with E-state index in [-0.39, 0.29) is 23.9 Å². The van der Waals surface area contributed by atoms with Crippen LogP contribution in [-0.2, 0) is 4.79 Å². The molecule has 0 radical (unpaired) electrons. The molecule has 76 valence electrons. The van der Waals surface area contributed by atoms with Crippen molar-refractivity contribution < 1.29 is 14.0 Å². The number of aryl methyl sites for hydroxylation is 1. The number of furan rings is 1. The molecule has 0 amide bonds. The Labute approximate surface area is 83.1 Å². The molecular weight excluding hydrogens is 180 g/mol. The third-order valence-electron chi connectivity index (χ3n) is 1.81. The van der Waals surface area contributed by atoms with Crippen molar-refractivity contribution in [3.8, 4) is 0 Å². The first-order valence-corrected chi connectivity index (χ1v) is 4.64. The summed E-state index contributed by atoms with van der Waals surface area (Å²) in [7, 11) is 0. The van der Waals surface area contributed by atoms with E-state index < -0.39 is 5.78 Å². The van der Waals surface area contributed by atoms with E-state index in [1.54, 1.807) is 13.0 Å². The fourth-order valence-corrected chi connectivity index (χ4v) is 1.16. The molecule has 1 aromatic heterocycles. The molecule has 14 heavy (non-hydrogen) atoms. The van der Waals surface area contributed by atoms with E-state index in [9.17, 15) is 9.59 Å². The zero-order valence-electron chi connectivity index (χ0n) is 8.66. The monoisotopic (exact) mass is 194 g/mol. The van der Waals surface area contributed by atoms with E-state index in [2.05, 4.69) is 0 Å². The van der Waals surface area contributed by atoms with Gasteiger partial charge in [0.25, 0.3) is 5.78 Å². The normalized spacial score (nSPS) is 10.6. The zero-order chi connectivity index (χ0) is 10.7. The minimum Gasteiger partial charge on any atom is -0.458 e. The van der Waals surface area contributed by atoms with E-state index in [1.165, 1.54) is 6.07 Å². The summed E-state index contributed by atoms with van der Waals surface area (Å²) in [5.41, 5.74) is 0. The molecule has 0 aliphatic heterocycles. The first-order chi connectivity index (χ1) is 6.50. The van der Waals surface area contributed by atoms with Crippen LogP contribution in [0.3, 0.4) is 0 Å². The largest absolute Gasteiger partial charge is 0.458 e. The highest BCUT2D eigenvalue weighted by Crippen LogP contribution is 2.10. The lowest BCUT2D eigenvalue weighted by Gasteiger charge is -2.00. The van der Waals surface area contributed by atoms with Gasteiger partial charge in [0.05, 0.1) is 0 Å². The SMILES string of the molecule is Cc1ccc(C(=O)C(=O)CC(C)C)o1. The first kappa shape index (κ1) is 10.7. The third-order valence-corrected chi connectivity index (χ3v) is 1.81. The second-order valence-electron chi connectivity index (χ2n) is 3.76. The van der Waals surface area contributed by atoms with Crippen molar-refractivity contribution in [3.05, 3.63) is 23.7 Å². The summed E-state index contributed by atoms with van der Waals surface area (Å²) in [4.78, 5) is 22.8. The van der Waals surface area contributed by atoms with Gasteiger partial charge in [-0.25, -0.2) is 0 Å². The van der Waals surface area contributed by atoms with Gasteiger partial charge in [0.15, 0.2) is 5.76 Å². The minimum atomic E-state index is -0.521. The number of carbonyl (C=O) groups is 2. The molecule has 1 heterocycles. The number of hydrogen-bond acceptors (Lipinski definition) is 3. The van der Waals surface area contributed by atoms with E-state index in [1.807, 2.05) is 13.8 Å². The minimum absolute atomic E-state index is 0.146. The topological polar surface area (TPSA) is 47.3 Å². The highest BCUT2D eigenvalue weighted by atomic mass is 16.3. The molecule has 3 heteroatoms. The number of Topliss-reactive ketones (excluding diaryl/α,β-unsaturated/α-hetero) is 2. The van der Waals surface area contributed by atoms with Crippen LogP contribution in [0.25, 0.3) is 0 Å². The lowest BCUT2D eigenvalue weighted by Crippen LogP contribution is -2.15. The molecule has 1 aromatic rings. The number of carbonyl (C=O) groups excluding carboxylic acids is 2. The second-order valence-corrected chi connectivity index (χ2v) is 3.76. The van der Waals surface area contributed by atoms with Crippen molar-refractivity contribution in [1.82, 2.24) is 0 Å². The van der Waals surface area contributed by atoms with Crippen LogP contribution in [0.4, 0.5) is 0 Å². The summed E-state index contributed by atoms with van der Waals surface area (Å²) in [6.45, 7) is 5.54. The lowest BCUT2D eigenvalue weighted by atomic mass is 10.0. The van der Waals surface area contributed by atoms with Gasteiger partial charge in [0.1, 0.15) is 5.76 Å². The van der Waals surface area contributed by atoms with Crippen LogP contribution >= 0.6 is 0 Å². The fraction of sp³-hybridized carbons (Fsp3) is 0.455. The zero-order valence-corrected chi connectivity index (χ0v) is 8.66. The average molecular weight is 194 g/mol. The van der Waals surface area contributed by atoms with Crippen molar-refractivity contribution in [3.63, 3.8) is 0 Å². The Morgan fingerprint density at radius 2 is 2.00 bits per heavy atom. The molecule has 0 fully saturated rings. The maximum absolute atomic E-state index is 11.5. The Morgan fingerprint density at radius 3 is 2.43 bits per heavy atom. The lowest BCUT2D eigenvalue weighted by molar-refractivity contribution is -0.115. The smallest absolute Gasteiger partial charge is 0.263 e. The summed E-state index contributed by atoms with van der Waals surface area (Å²) < 4.78 is 5.08. The Balaban J connectivity index is 2.71. The number of ketones is 2. The molecule has 0 saturated carbocycles. The average Bonchev–Trinajstić information content (AvgIpc) is 2.49. The molecule has 0 N–H and O–H groups in total. The van der Waals surface area contributed by atoms with E-state index >= 15 is 0 Å². The molecule has 0 unspecified atom stereocenters. The van der Waals surface area contributed by atoms with Gasteiger partial charge < -0.3 is 4.42 Å². The standard InChI is InChI=1S/C11H14O3/c1-7(2)6-9(12)11(13)10-5-4-8(3)14-10/h4-5,7H,6H2,1-3H3. The molecular formula is C11H14O3. The summed E-state index contributed by atoms with van der Waals surface area (Å²) in [5.74, 6) is 0.0857. The van der Waals surface area contributed by atoms with Gasteiger partial charge in [-0.15, -0.1) is 0 Å². The molecule has 3 nitrogen and oxygen atoms in total. The van der Waals surface area contributed by atoms with Crippen molar-refractivity contribution in [1.29, 1.82) is 0 Å². The molecule has 0 aliphatic carbocycles. The van der Waals surface area contributed by atoms with Crippen molar-refractivity contribution >= 4 is 11.6 Å². The van der Waals surface area contributed by atoms with Crippen LogP contribution in [-0.4, -0.2) is 11.6 Å². The van der Waals surface area contributed by atoms with Gasteiger partial charge in [-0.05, 0) is 25.0 Å². The van der Waals surface area contributed by atoms with E-state index in [0.29, 0.717) is 5.76 Å². The van der Waals surface area contributed by atoms with E-state index in [0.717, 1.165) is 0 Å². The summed E-state index contributed by atoms with van der Waals surface area (Å²) >= 11 is 0. The first-order valence-electron chi connectivity index (χ1n) is 4.64. The van der Waals surface area contributed by atoms with Gasteiger partial charge in [0.2, 0.25) is 5.78 Å². The van der Waals surface area contributed by atoms with Crippen LogP contribution in [0.15, 0.2) is 16.5 Å². The van der Waals surface area contributed by atoms with Gasteiger partial charge in [-0.3, -0.25) is 9.59 Å². The molecule has 0 aromatic carbocycles. The van der Waals surface area contributed by atoms with Crippen molar-refractivity contribution in [2.75, 3.05) is 0 Å². The van der Waals surface area contributed by atoms with Crippen LogP contribution in [0.2, 0.25) is 0 Å². The Hall–Kier alpha value is -1.38. The van der Waals surface area contributed by atoms with Crippen LogP contribution in [0.1, 0.15) is 36.6 Å². The molecule has 0 saturated heterocycles. The molecule has 0 aliphatic rings. The molecule has 0 spiro atoms. The number of hydrogen-bond donors (Lipinski definition) is 0. The van der Waals surface area contributed by atoms with Gasteiger partial charge in [0, 0.05) is 6.42 Å². The molecule has 0 bridgehead atoms. The summed E-state index contributed by atoms with van der Waals surface area (Å²) in [5, 5.41) is 0. The van der Waals surface area contributed by atoms with E-state index in [4.69, 9.17) is 4.42 Å². The summed E-state index contributed by atoms with van der Waals surface area (Å²) in [6, 6.07) is 3.21. The molecule has 1 rings (SSSR count). The highest BCUT2D eigenvalue weighted by Gasteiger charge is 2.19. The van der Waals surface area contributed by atoms with Gasteiger partial charge in [-0.2, -0.15) is 0 Å². The van der Waals surface area contributed by atoms with Crippen molar-refractivity contribution in [2.24, 2.45) is 5.92 Å². The third kappa shape index (κ3) is 2.55. The van der Waals surface area contributed by atoms with Crippen LogP contribution in [0, 0.1) is 12.8 Å². The predicted molar refractivity (Wildman–Crippen MR) is 52.2 cm³/mol. The van der Waals surface area contributed by atoms with Crippen molar-refractivity contribution in [2.45, 2.75) is 27.2 Å². The number of rotatable bonds is 4. The Bertz CT molecular complexity index is 347. The Morgan fingerprint density at radius 1 is 1.36 bits per heavy atom. The van der Waals surface area contributed by atoms with Gasteiger partial charge >= 0.3 is 0 Å². The molecule has 0 atom stereocenters. The second kappa shape index (κ2) is 4.22. The Kier molecular flexibility index (Phi) is 3.23. The van der Waals surface area contributed by atoms with Crippen LogP contribution < -0.4 is 0 Å².